The van der Waals surface area contributed by atoms with Gasteiger partial charge < -0.3 is 10.3 Å². The van der Waals surface area contributed by atoms with E-state index >= 15 is 0 Å². The molecule has 0 amide bonds. The van der Waals surface area contributed by atoms with Crippen LogP contribution in [0.5, 0.6) is 0 Å². The minimum Gasteiger partial charge on any atom is -0.339 e. The third kappa shape index (κ3) is 1.79. The topological polar surface area (TPSA) is 64.9 Å². The number of hydrogen-bond donors (Lipinski definition) is 1. The average molecular weight is 269 g/mol. The Bertz CT molecular complexity index is 636. The summed E-state index contributed by atoms with van der Waals surface area (Å²) in [7, 11) is 0. The zero-order valence-electron chi connectivity index (χ0n) is 11.6. The summed E-state index contributed by atoms with van der Waals surface area (Å²) < 4.78 is 5.53. The summed E-state index contributed by atoms with van der Waals surface area (Å²) in [6, 6.07) is 8.58. The van der Waals surface area contributed by atoms with E-state index in [9.17, 15) is 0 Å². The lowest BCUT2D eigenvalue weighted by Gasteiger charge is -2.08. The predicted molar refractivity (Wildman–Crippen MR) is 76.0 cm³/mol. The molecule has 0 spiro atoms. The SMILES string of the molecule is CCc1ccccc1-c1noc([C@@H]2C[C@H](N)[C@H]3C[C@H]32)n1. The molecule has 2 aliphatic carbocycles. The van der Waals surface area contributed by atoms with Gasteiger partial charge in [-0.05, 0) is 36.7 Å². The molecule has 0 aliphatic heterocycles. The molecule has 1 heterocycles. The Morgan fingerprint density at radius 2 is 2.10 bits per heavy atom. The Morgan fingerprint density at radius 1 is 1.25 bits per heavy atom. The maximum atomic E-state index is 6.12. The lowest BCUT2D eigenvalue weighted by Crippen LogP contribution is -2.19. The van der Waals surface area contributed by atoms with E-state index in [-0.39, 0.29) is 0 Å². The molecule has 2 fully saturated rings. The molecular formula is C16H19N3O. The van der Waals surface area contributed by atoms with Crippen LogP contribution in [0.4, 0.5) is 0 Å². The molecule has 1 aromatic carbocycles. The summed E-state index contributed by atoms with van der Waals surface area (Å²) in [5.41, 5.74) is 8.46. The van der Waals surface area contributed by atoms with Gasteiger partial charge in [-0.25, -0.2) is 0 Å². The van der Waals surface area contributed by atoms with Crippen LogP contribution in [0, 0.1) is 11.8 Å². The summed E-state index contributed by atoms with van der Waals surface area (Å²) >= 11 is 0. The first-order chi connectivity index (χ1) is 9.78. The molecule has 2 saturated carbocycles. The highest BCUT2D eigenvalue weighted by atomic mass is 16.5. The number of fused-ring (bicyclic) bond motifs is 1. The second-order valence-electron chi connectivity index (χ2n) is 6.04. The minimum atomic E-state index is 0.322. The van der Waals surface area contributed by atoms with E-state index in [4.69, 9.17) is 10.3 Å². The lowest BCUT2D eigenvalue weighted by molar-refractivity contribution is 0.341. The van der Waals surface area contributed by atoms with Gasteiger partial charge in [0.15, 0.2) is 0 Å². The van der Waals surface area contributed by atoms with E-state index in [0.29, 0.717) is 23.8 Å². The van der Waals surface area contributed by atoms with E-state index < -0.39 is 0 Å². The van der Waals surface area contributed by atoms with Crippen LogP contribution in [0.25, 0.3) is 11.4 Å². The standard InChI is InChI=1S/C16H19N3O/c1-2-9-5-3-4-6-10(9)15-18-16(20-19-15)13-8-14(17)12-7-11(12)13/h3-6,11-14H,2,7-8,17H2,1H3/t11-,12+,13-,14+/m1/s1. The molecule has 4 nitrogen and oxygen atoms in total. The van der Waals surface area contributed by atoms with Crippen molar-refractivity contribution >= 4 is 0 Å². The Balaban J connectivity index is 1.65. The second-order valence-corrected chi connectivity index (χ2v) is 6.04. The van der Waals surface area contributed by atoms with Crippen LogP contribution in [0.3, 0.4) is 0 Å². The monoisotopic (exact) mass is 269 g/mol. The molecule has 2 N–H and O–H groups in total. The van der Waals surface area contributed by atoms with Crippen molar-refractivity contribution < 1.29 is 4.52 Å². The largest absolute Gasteiger partial charge is 0.339 e. The van der Waals surface area contributed by atoms with Crippen LogP contribution in [0.1, 0.15) is 37.1 Å². The fraction of sp³-hybridized carbons (Fsp3) is 0.500. The van der Waals surface area contributed by atoms with Crippen LogP contribution in [0.15, 0.2) is 28.8 Å². The fourth-order valence-corrected chi connectivity index (χ4v) is 3.66. The Labute approximate surface area is 118 Å². The molecule has 0 radical (unpaired) electrons. The molecule has 0 unspecified atom stereocenters. The van der Waals surface area contributed by atoms with Crippen LogP contribution < -0.4 is 5.73 Å². The Morgan fingerprint density at radius 3 is 2.80 bits per heavy atom. The van der Waals surface area contributed by atoms with Gasteiger partial charge in [0.1, 0.15) is 0 Å². The number of aromatic nitrogens is 2. The smallest absolute Gasteiger partial charge is 0.230 e. The zero-order chi connectivity index (χ0) is 13.7. The van der Waals surface area contributed by atoms with Gasteiger partial charge in [-0.2, -0.15) is 4.98 Å². The maximum Gasteiger partial charge on any atom is 0.230 e. The number of hydrogen-bond acceptors (Lipinski definition) is 4. The van der Waals surface area contributed by atoms with Gasteiger partial charge >= 0.3 is 0 Å². The molecule has 2 aliphatic rings. The predicted octanol–water partition coefficient (Wildman–Crippen LogP) is 2.75. The Hall–Kier alpha value is -1.68. The van der Waals surface area contributed by atoms with E-state index in [1.165, 1.54) is 12.0 Å². The van der Waals surface area contributed by atoms with Crippen LogP contribution >= 0.6 is 0 Å². The molecular weight excluding hydrogens is 250 g/mol. The van der Waals surface area contributed by atoms with Crippen molar-refractivity contribution in [2.24, 2.45) is 17.6 Å². The fourth-order valence-electron chi connectivity index (χ4n) is 3.66. The molecule has 0 bridgehead atoms. The summed E-state index contributed by atoms with van der Waals surface area (Å²) in [4.78, 5) is 4.65. The normalized spacial score (nSPS) is 31.3. The highest BCUT2D eigenvalue weighted by Crippen LogP contribution is 2.58. The Kier molecular flexibility index (Phi) is 2.67. The summed E-state index contributed by atoms with van der Waals surface area (Å²) in [5, 5.41) is 4.19. The second kappa shape index (κ2) is 4.42. The number of rotatable bonds is 3. The quantitative estimate of drug-likeness (QED) is 0.930. The number of nitrogens with zero attached hydrogens (tertiary/aromatic N) is 2. The molecule has 4 atom stereocenters. The van der Waals surface area contributed by atoms with Crippen molar-refractivity contribution in [2.75, 3.05) is 0 Å². The number of benzene rings is 1. The van der Waals surface area contributed by atoms with Gasteiger partial charge in [-0.15, -0.1) is 0 Å². The molecule has 4 heteroatoms. The first-order valence-corrected chi connectivity index (χ1v) is 7.45. The van der Waals surface area contributed by atoms with Gasteiger partial charge in [-0.3, -0.25) is 0 Å². The molecule has 0 saturated heterocycles. The molecule has 2 aromatic rings. The molecule has 20 heavy (non-hydrogen) atoms. The number of aryl methyl sites for hydroxylation is 1. The highest BCUT2D eigenvalue weighted by Gasteiger charge is 2.55. The maximum absolute atomic E-state index is 6.12. The van der Waals surface area contributed by atoms with Crippen molar-refractivity contribution in [3.8, 4) is 11.4 Å². The van der Waals surface area contributed by atoms with Crippen molar-refractivity contribution in [1.82, 2.24) is 10.1 Å². The minimum absolute atomic E-state index is 0.322. The summed E-state index contributed by atoms with van der Waals surface area (Å²) in [6.45, 7) is 2.14. The van der Waals surface area contributed by atoms with Gasteiger partial charge in [0, 0.05) is 17.5 Å². The molecule has 1 aromatic heterocycles. The number of nitrogens with two attached hydrogens (primary N) is 1. The van der Waals surface area contributed by atoms with Gasteiger partial charge in [-0.1, -0.05) is 36.3 Å². The van der Waals surface area contributed by atoms with E-state index in [0.717, 1.165) is 30.1 Å². The van der Waals surface area contributed by atoms with Crippen LogP contribution in [-0.4, -0.2) is 16.2 Å². The van der Waals surface area contributed by atoms with Crippen molar-refractivity contribution in [2.45, 2.75) is 38.1 Å². The lowest BCUT2D eigenvalue weighted by atomic mass is 10.0. The average Bonchev–Trinajstić information content (AvgIpc) is 3.00. The first kappa shape index (κ1) is 12.1. The van der Waals surface area contributed by atoms with Crippen molar-refractivity contribution in [3.63, 3.8) is 0 Å². The summed E-state index contributed by atoms with van der Waals surface area (Å²) in [5.74, 6) is 3.25. The zero-order valence-corrected chi connectivity index (χ0v) is 11.6. The highest BCUT2D eigenvalue weighted by molar-refractivity contribution is 5.59. The van der Waals surface area contributed by atoms with E-state index in [2.05, 4.69) is 29.2 Å². The molecule has 104 valence electrons. The van der Waals surface area contributed by atoms with Gasteiger partial charge in [0.05, 0.1) is 0 Å². The van der Waals surface area contributed by atoms with Crippen molar-refractivity contribution in [3.05, 3.63) is 35.7 Å². The van der Waals surface area contributed by atoms with Gasteiger partial charge in [0.2, 0.25) is 11.7 Å². The van der Waals surface area contributed by atoms with Gasteiger partial charge in [0.25, 0.3) is 0 Å². The molecule has 4 rings (SSSR count). The van der Waals surface area contributed by atoms with E-state index in [1.54, 1.807) is 0 Å². The van der Waals surface area contributed by atoms with Crippen molar-refractivity contribution in [1.29, 1.82) is 0 Å². The first-order valence-electron chi connectivity index (χ1n) is 7.45. The van der Waals surface area contributed by atoms with E-state index in [1.807, 2.05) is 12.1 Å². The van der Waals surface area contributed by atoms with Crippen LogP contribution in [0.2, 0.25) is 0 Å². The summed E-state index contributed by atoms with van der Waals surface area (Å²) in [6.07, 6.45) is 3.19. The van der Waals surface area contributed by atoms with Crippen LogP contribution in [-0.2, 0) is 6.42 Å². The third-order valence-electron chi connectivity index (χ3n) is 4.88. The third-order valence-corrected chi connectivity index (χ3v) is 4.88.